The van der Waals surface area contributed by atoms with E-state index in [2.05, 4.69) is 143 Å². The molecule has 0 bridgehead atoms. The van der Waals surface area contributed by atoms with Gasteiger partial charge in [-0.05, 0) is 82.2 Å². The Labute approximate surface area is 266 Å². The van der Waals surface area contributed by atoms with Crippen LogP contribution in [0, 0.1) is 0 Å². The van der Waals surface area contributed by atoms with E-state index in [0.29, 0.717) is 0 Å². The SMILES string of the molecule is c1ccc(N(c2ccccn2)c2ccc3c4ccccc4c4ccc(N(c5ccccc5)c5ccccn5)c5ccc2c3c54)cc1. The molecule has 0 radical (unpaired) electrons. The molecule has 0 aliphatic heterocycles. The smallest absolute Gasteiger partial charge is 0.137 e. The first-order valence-corrected chi connectivity index (χ1v) is 15.5. The highest BCUT2D eigenvalue weighted by Gasteiger charge is 2.23. The van der Waals surface area contributed by atoms with Crippen LogP contribution in [0.3, 0.4) is 0 Å². The van der Waals surface area contributed by atoms with E-state index >= 15 is 0 Å². The highest BCUT2D eigenvalue weighted by atomic mass is 15.2. The third-order valence-corrected chi connectivity index (χ3v) is 8.89. The Morgan fingerprint density at radius 1 is 0.304 bits per heavy atom. The number of rotatable bonds is 6. The van der Waals surface area contributed by atoms with Crippen molar-refractivity contribution in [3.63, 3.8) is 0 Å². The number of pyridine rings is 2. The van der Waals surface area contributed by atoms with E-state index in [1.807, 2.05) is 36.7 Å². The number of anilines is 6. The van der Waals surface area contributed by atoms with E-state index in [1.165, 1.54) is 43.1 Å². The van der Waals surface area contributed by atoms with E-state index < -0.39 is 0 Å². The Bertz CT molecular complexity index is 2210. The van der Waals surface area contributed by atoms with Crippen LogP contribution >= 0.6 is 0 Å². The van der Waals surface area contributed by atoms with Crippen molar-refractivity contribution in [1.82, 2.24) is 9.97 Å². The van der Waals surface area contributed by atoms with Crippen LogP contribution in [0.1, 0.15) is 0 Å². The standard InChI is InChI=1S/C42H28N4/c1-3-13-29(14-4-1)45(39-19-9-11-27-43-39)37-25-23-33-31-17-7-8-18-32(31)34-24-26-38(36-22-21-35(37)41(33)42(34)36)46(30-15-5-2-6-16-30)40-20-10-12-28-44-40/h1-28H. The van der Waals surface area contributed by atoms with Crippen LogP contribution in [0.2, 0.25) is 0 Å². The van der Waals surface area contributed by atoms with Gasteiger partial charge in [0.25, 0.3) is 0 Å². The zero-order valence-electron chi connectivity index (χ0n) is 25.0. The van der Waals surface area contributed by atoms with Crippen molar-refractivity contribution < 1.29 is 0 Å². The number of para-hydroxylation sites is 2. The Hall–Kier alpha value is -6.26. The molecule has 2 heterocycles. The number of hydrogen-bond donors (Lipinski definition) is 0. The van der Waals surface area contributed by atoms with Crippen LogP contribution < -0.4 is 9.80 Å². The van der Waals surface area contributed by atoms with E-state index in [9.17, 15) is 0 Å². The van der Waals surface area contributed by atoms with Gasteiger partial charge in [0.1, 0.15) is 11.6 Å². The Balaban J connectivity index is 1.41. The number of fused-ring (bicyclic) bond motifs is 3. The van der Waals surface area contributed by atoms with Gasteiger partial charge in [-0.1, -0.05) is 97.1 Å². The van der Waals surface area contributed by atoms with E-state index in [4.69, 9.17) is 9.97 Å². The molecule has 216 valence electrons. The quantitative estimate of drug-likeness (QED) is 0.143. The molecule has 2 aromatic heterocycles. The highest BCUT2D eigenvalue weighted by Crippen LogP contribution is 2.49. The van der Waals surface area contributed by atoms with Crippen molar-refractivity contribution in [1.29, 1.82) is 0 Å². The van der Waals surface area contributed by atoms with Crippen molar-refractivity contribution >= 4 is 77.5 Å². The summed E-state index contributed by atoms with van der Waals surface area (Å²) in [4.78, 5) is 14.1. The lowest BCUT2D eigenvalue weighted by Crippen LogP contribution is -2.13. The molecular formula is C42H28N4. The molecule has 4 heteroatoms. The van der Waals surface area contributed by atoms with Crippen molar-refractivity contribution in [2.45, 2.75) is 0 Å². The van der Waals surface area contributed by atoms with E-state index in [1.54, 1.807) is 0 Å². The van der Waals surface area contributed by atoms with Crippen LogP contribution in [0.25, 0.3) is 43.1 Å². The fourth-order valence-electron chi connectivity index (χ4n) is 6.97. The monoisotopic (exact) mass is 588 g/mol. The fraction of sp³-hybridized carbons (Fsp3) is 0. The molecule has 46 heavy (non-hydrogen) atoms. The van der Waals surface area contributed by atoms with E-state index in [0.717, 1.165) is 34.4 Å². The molecule has 4 nitrogen and oxygen atoms in total. The minimum Gasteiger partial charge on any atom is -0.294 e. The normalized spacial score (nSPS) is 11.5. The summed E-state index contributed by atoms with van der Waals surface area (Å²) >= 11 is 0. The molecule has 0 N–H and O–H groups in total. The summed E-state index contributed by atoms with van der Waals surface area (Å²) in [5.74, 6) is 1.75. The third-order valence-electron chi connectivity index (χ3n) is 8.89. The average molecular weight is 589 g/mol. The van der Waals surface area contributed by atoms with Crippen molar-refractivity contribution in [2.75, 3.05) is 9.80 Å². The van der Waals surface area contributed by atoms with Crippen molar-refractivity contribution in [2.24, 2.45) is 0 Å². The molecule has 0 saturated heterocycles. The molecular weight excluding hydrogens is 560 g/mol. The van der Waals surface area contributed by atoms with Crippen LogP contribution in [-0.4, -0.2) is 9.97 Å². The summed E-state index contributed by atoms with van der Waals surface area (Å²) in [6, 6.07) is 55.6. The summed E-state index contributed by atoms with van der Waals surface area (Å²) in [5.41, 5.74) is 4.30. The van der Waals surface area contributed by atoms with Crippen molar-refractivity contribution in [3.8, 4) is 0 Å². The summed E-state index contributed by atoms with van der Waals surface area (Å²) in [5, 5.41) is 9.83. The third kappa shape index (κ3) is 4.08. The first-order valence-electron chi connectivity index (χ1n) is 15.5. The molecule has 0 atom stereocenters. The summed E-state index contributed by atoms with van der Waals surface area (Å²) < 4.78 is 0. The number of nitrogens with zero attached hydrogens (tertiary/aromatic N) is 4. The van der Waals surface area contributed by atoms with Gasteiger partial charge in [-0.3, -0.25) is 9.80 Å². The van der Waals surface area contributed by atoms with Crippen LogP contribution in [0.4, 0.5) is 34.4 Å². The van der Waals surface area contributed by atoms with Crippen LogP contribution in [-0.2, 0) is 0 Å². The lowest BCUT2D eigenvalue weighted by molar-refractivity contribution is 1.19. The summed E-state index contributed by atoms with van der Waals surface area (Å²) in [6.45, 7) is 0. The van der Waals surface area contributed by atoms with Crippen LogP contribution in [0.15, 0.2) is 170 Å². The zero-order chi connectivity index (χ0) is 30.5. The Kier molecular flexibility index (Phi) is 6.10. The van der Waals surface area contributed by atoms with Gasteiger partial charge in [-0.15, -0.1) is 0 Å². The van der Waals surface area contributed by atoms with Gasteiger partial charge < -0.3 is 0 Å². The van der Waals surface area contributed by atoms with Crippen LogP contribution in [0.5, 0.6) is 0 Å². The van der Waals surface area contributed by atoms with Gasteiger partial charge in [0.15, 0.2) is 0 Å². The number of aromatic nitrogens is 2. The topological polar surface area (TPSA) is 32.3 Å². The maximum atomic E-state index is 4.81. The Morgan fingerprint density at radius 2 is 0.696 bits per heavy atom. The summed E-state index contributed by atoms with van der Waals surface area (Å²) in [7, 11) is 0. The second kappa shape index (κ2) is 10.7. The predicted octanol–water partition coefficient (Wildman–Crippen LogP) is 11.5. The number of hydrogen-bond acceptors (Lipinski definition) is 4. The maximum absolute atomic E-state index is 4.81. The largest absolute Gasteiger partial charge is 0.294 e. The predicted molar refractivity (Wildman–Crippen MR) is 193 cm³/mol. The lowest BCUT2D eigenvalue weighted by Gasteiger charge is -2.29. The first-order chi connectivity index (χ1) is 22.9. The van der Waals surface area contributed by atoms with Gasteiger partial charge in [0.2, 0.25) is 0 Å². The molecule has 7 aromatic carbocycles. The summed E-state index contributed by atoms with van der Waals surface area (Å²) in [6.07, 6.45) is 3.72. The van der Waals surface area contributed by atoms with Gasteiger partial charge in [0.05, 0.1) is 11.4 Å². The maximum Gasteiger partial charge on any atom is 0.137 e. The average Bonchev–Trinajstić information content (AvgIpc) is 3.14. The van der Waals surface area contributed by atoms with E-state index in [-0.39, 0.29) is 0 Å². The second-order valence-corrected chi connectivity index (χ2v) is 11.4. The first kappa shape index (κ1) is 26.2. The van der Waals surface area contributed by atoms with Gasteiger partial charge >= 0.3 is 0 Å². The highest BCUT2D eigenvalue weighted by molar-refractivity contribution is 6.36. The lowest BCUT2D eigenvalue weighted by atomic mass is 9.88. The minimum absolute atomic E-state index is 0.875. The Morgan fingerprint density at radius 3 is 1.11 bits per heavy atom. The fourth-order valence-corrected chi connectivity index (χ4v) is 6.97. The molecule has 9 aromatic rings. The molecule has 0 saturated carbocycles. The molecule has 0 unspecified atom stereocenters. The van der Waals surface area contributed by atoms with Gasteiger partial charge in [-0.2, -0.15) is 0 Å². The zero-order valence-corrected chi connectivity index (χ0v) is 25.0. The van der Waals surface area contributed by atoms with Gasteiger partial charge in [0, 0.05) is 45.3 Å². The molecule has 0 spiro atoms. The molecule has 0 aliphatic carbocycles. The van der Waals surface area contributed by atoms with Gasteiger partial charge in [-0.25, -0.2) is 9.97 Å². The molecule has 9 rings (SSSR count). The molecule has 0 aliphatic rings. The second-order valence-electron chi connectivity index (χ2n) is 11.4. The molecule has 0 fully saturated rings. The van der Waals surface area contributed by atoms with Crippen molar-refractivity contribution in [3.05, 3.63) is 170 Å². The minimum atomic E-state index is 0.875. The number of benzene rings is 7. The molecule has 0 amide bonds.